The van der Waals surface area contributed by atoms with E-state index in [9.17, 15) is 0 Å². The molecule has 0 amide bonds. The van der Waals surface area contributed by atoms with Crippen molar-refractivity contribution in [2.75, 3.05) is 0 Å². The minimum absolute atomic E-state index is 0.446. The average Bonchev–Trinajstić information content (AvgIpc) is 2.58. The summed E-state index contributed by atoms with van der Waals surface area (Å²) in [6.07, 6.45) is 0. The standard InChI is InChI=1S/C18H15P.C2H6OS/c1-4-10-16(11-5-1)19(17-12-6-2-7-13-17)18-14-8-3-9-15-18;1-2(3)4/h1-15H;2-4H,1H3. The molecule has 0 aliphatic rings. The van der Waals surface area contributed by atoms with Gasteiger partial charge in [-0.1, -0.05) is 91.0 Å². The maximum absolute atomic E-state index is 7.92. The third kappa shape index (κ3) is 5.84. The lowest BCUT2D eigenvalue weighted by atomic mass is 10.4. The summed E-state index contributed by atoms with van der Waals surface area (Å²) in [7, 11) is -0.446. The van der Waals surface area contributed by atoms with Crippen LogP contribution in [0.2, 0.25) is 0 Å². The highest BCUT2D eigenvalue weighted by Crippen LogP contribution is 2.32. The summed E-state index contributed by atoms with van der Waals surface area (Å²) in [5, 5.41) is 12.1. The Morgan fingerprint density at radius 2 is 0.870 bits per heavy atom. The smallest absolute Gasteiger partial charge is 0.0936 e. The highest BCUT2D eigenvalue weighted by atomic mass is 32.1. The van der Waals surface area contributed by atoms with Crippen molar-refractivity contribution in [3.05, 3.63) is 91.0 Å². The first kappa shape index (κ1) is 17.7. The second-order valence-corrected chi connectivity index (χ2v) is 7.94. The van der Waals surface area contributed by atoms with Gasteiger partial charge in [0.1, 0.15) is 0 Å². The average molecular weight is 340 g/mol. The van der Waals surface area contributed by atoms with Gasteiger partial charge in [-0.3, -0.25) is 0 Å². The van der Waals surface area contributed by atoms with E-state index in [0.717, 1.165) is 0 Å². The maximum atomic E-state index is 7.92. The number of thiol groups is 1. The molecule has 3 aromatic rings. The molecular formula is C20H21OPS. The van der Waals surface area contributed by atoms with Gasteiger partial charge in [0.05, 0.1) is 5.44 Å². The quantitative estimate of drug-likeness (QED) is 0.423. The second kappa shape index (κ2) is 9.52. The molecule has 0 aromatic heterocycles. The summed E-state index contributed by atoms with van der Waals surface area (Å²) in [6, 6.07) is 32.3. The van der Waals surface area contributed by atoms with E-state index in [4.69, 9.17) is 5.11 Å². The van der Waals surface area contributed by atoms with Crippen molar-refractivity contribution in [2.45, 2.75) is 12.4 Å². The lowest BCUT2D eigenvalue weighted by molar-refractivity contribution is 0.286. The molecule has 0 fully saturated rings. The molecule has 0 radical (unpaired) electrons. The predicted octanol–water partition coefficient (Wildman–Crippen LogP) is 3.70. The topological polar surface area (TPSA) is 20.2 Å². The van der Waals surface area contributed by atoms with E-state index in [1.54, 1.807) is 6.92 Å². The summed E-state index contributed by atoms with van der Waals surface area (Å²) in [6.45, 7) is 1.59. The van der Waals surface area contributed by atoms with E-state index in [1.807, 2.05) is 0 Å². The fourth-order valence-corrected chi connectivity index (χ4v) is 4.48. The van der Waals surface area contributed by atoms with Crippen molar-refractivity contribution in [3.63, 3.8) is 0 Å². The Labute approximate surface area is 145 Å². The fourth-order valence-electron chi connectivity index (χ4n) is 2.18. The fraction of sp³-hybridized carbons (Fsp3) is 0.100. The lowest BCUT2D eigenvalue weighted by Gasteiger charge is -2.18. The zero-order valence-corrected chi connectivity index (χ0v) is 14.9. The van der Waals surface area contributed by atoms with Crippen LogP contribution < -0.4 is 15.9 Å². The van der Waals surface area contributed by atoms with Crippen LogP contribution in [-0.4, -0.2) is 10.5 Å². The van der Waals surface area contributed by atoms with Crippen LogP contribution in [0.5, 0.6) is 0 Å². The molecule has 3 rings (SSSR count). The van der Waals surface area contributed by atoms with Crippen molar-refractivity contribution in [2.24, 2.45) is 0 Å². The van der Waals surface area contributed by atoms with Crippen LogP contribution >= 0.6 is 20.6 Å². The number of hydrogen-bond acceptors (Lipinski definition) is 2. The first-order valence-electron chi connectivity index (χ1n) is 7.50. The van der Waals surface area contributed by atoms with E-state index >= 15 is 0 Å². The molecule has 0 heterocycles. The number of benzene rings is 3. The van der Waals surface area contributed by atoms with Crippen LogP contribution in [0, 0.1) is 0 Å². The molecule has 3 aromatic carbocycles. The summed E-state index contributed by atoms with van der Waals surface area (Å²) in [5.74, 6) is 0. The predicted molar refractivity (Wildman–Crippen MR) is 106 cm³/mol. The van der Waals surface area contributed by atoms with E-state index in [2.05, 4.69) is 104 Å². The SMILES string of the molecule is CC(O)S.c1ccc(P(c2ccccc2)c2ccccc2)cc1. The van der Waals surface area contributed by atoms with Gasteiger partial charge in [0.2, 0.25) is 0 Å². The molecule has 3 heteroatoms. The molecule has 118 valence electrons. The summed E-state index contributed by atoms with van der Waals surface area (Å²) in [5.41, 5.74) is -0.472. The van der Waals surface area contributed by atoms with Crippen LogP contribution in [0.1, 0.15) is 6.92 Å². The van der Waals surface area contributed by atoms with E-state index in [1.165, 1.54) is 15.9 Å². The molecule has 0 aliphatic carbocycles. The van der Waals surface area contributed by atoms with Crippen molar-refractivity contribution >= 4 is 36.5 Å². The van der Waals surface area contributed by atoms with Crippen LogP contribution in [0.3, 0.4) is 0 Å². The van der Waals surface area contributed by atoms with Crippen LogP contribution in [0.25, 0.3) is 0 Å². The zero-order valence-electron chi connectivity index (χ0n) is 13.1. The molecule has 0 aliphatic heterocycles. The van der Waals surface area contributed by atoms with Gasteiger partial charge in [-0.15, -0.1) is 12.6 Å². The third-order valence-corrected chi connectivity index (χ3v) is 5.49. The van der Waals surface area contributed by atoms with Gasteiger partial charge >= 0.3 is 0 Å². The molecule has 1 unspecified atom stereocenters. The molecule has 0 bridgehead atoms. The minimum atomic E-state index is -0.472. The highest BCUT2D eigenvalue weighted by Gasteiger charge is 2.14. The third-order valence-electron chi connectivity index (χ3n) is 3.04. The summed E-state index contributed by atoms with van der Waals surface area (Å²) >= 11 is 3.52. The Morgan fingerprint density at radius 1 is 0.652 bits per heavy atom. The van der Waals surface area contributed by atoms with Gasteiger partial charge < -0.3 is 5.11 Å². The summed E-state index contributed by atoms with van der Waals surface area (Å²) in [4.78, 5) is 0. The van der Waals surface area contributed by atoms with Crippen molar-refractivity contribution < 1.29 is 5.11 Å². The van der Waals surface area contributed by atoms with Gasteiger partial charge in [-0.05, 0) is 30.8 Å². The Morgan fingerprint density at radius 3 is 1.09 bits per heavy atom. The lowest BCUT2D eigenvalue weighted by Crippen LogP contribution is -2.20. The number of rotatable bonds is 3. The Balaban J connectivity index is 0.000000433. The molecule has 0 spiro atoms. The van der Waals surface area contributed by atoms with Crippen molar-refractivity contribution in [1.82, 2.24) is 0 Å². The number of aliphatic hydroxyl groups excluding tert-OH is 1. The molecule has 1 atom stereocenters. The van der Waals surface area contributed by atoms with Crippen LogP contribution in [0.4, 0.5) is 0 Å². The van der Waals surface area contributed by atoms with E-state index in [0.29, 0.717) is 0 Å². The molecule has 23 heavy (non-hydrogen) atoms. The molecule has 1 nitrogen and oxygen atoms in total. The van der Waals surface area contributed by atoms with Gasteiger partial charge in [0.25, 0.3) is 0 Å². The maximum Gasteiger partial charge on any atom is 0.0936 e. The van der Waals surface area contributed by atoms with E-state index in [-0.39, 0.29) is 0 Å². The number of hydrogen-bond donors (Lipinski definition) is 2. The number of aliphatic hydroxyl groups is 1. The van der Waals surface area contributed by atoms with E-state index < -0.39 is 13.4 Å². The van der Waals surface area contributed by atoms with Crippen molar-refractivity contribution in [3.8, 4) is 0 Å². The highest BCUT2D eigenvalue weighted by molar-refractivity contribution is 7.80. The molecular weight excluding hydrogens is 319 g/mol. The van der Waals surface area contributed by atoms with Gasteiger partial charge in [-0.25, -0.2) is 0 Å². The zero-order chi connectivity index (χ0) is 16.5. The van der Waals surface area contributed by atoms with Gasteiger partial charge in [-0.2, -0.15) is 0 Å². The van der Waals surface area contributed by atoms with Crippen LogP contribution in [-0.2, 0) is 0 Å². The molecule has 1 N–H and O–H groups in total. The first-order chi connectivity index (χ1) is 11.2. The first-order valence-corrected chi connectivity index (χ1v) is 9.35. The Hall–Kier alpha value is -1.60. The minimum Gasteiger partial charge on any atom is -0.383 e. The normalized spacial score (nSPS) is 11.5. The second-order valence-electron chi connectivity index (χ2n) is 4.97. The molecule has 0 saturated carbocycles. The van der Waals surface area contributed by atoms with Crippen molar-refractivity contribution in [1.29, 1.82) is 0 Å². The van der Waals surface area contributed by atoms with Gasteiger partial charge in [0, 0.05) is 0 Å². The van der Waals surface area contributed by atoms with Gasteiger partial charge in [0.15, 0.2) is 0 Å². The summed E-state index contributed by atoms with van der Waals surface area (Å²) < 4.78 is 0. The molecule has 0 saturated heterocycles. The monoisotopic (exact) mass is 340 g/mol. The Kier molecular flexibility index (Phi) is 7.35. The Bertz CT molecular complexity index is 575. The van der Waals surface area contributed by atoms with Crippen LogP contribution in [0.15, 0.2) is 91.0 Å². The largest absolute Gasteiger partial charge is 0.383 e.